The van der Waals surface area contributed by atoms with E-state index in [9.17, 15) is 9.59 Å². The van der Waals surface area contributed by atoms with Crippen LogP contribution in [0.25, 0.3) is 0 Å². The predicted octanol–water partition coefficient (Wildman–Crippen LogP) is -0.242. The molecule has 0 spiro atoms. The van der Waals surface area contributed by atoms with Gasteiger partial charge < -0.3 is 15.2 Å². The van der Waals surface area contributed by atoms with Gasteiger partial charge in [-0.2, -0.15) is 0 Å². The number of methoxy groups -OCH3 is 1. The Balaban J connectivity index is 2.54. The minimum absolute atomic E-state index is 0.212. The molecule has 0 fully saturated rings. The zero-order valence-electron chi connectivity index (χ0n) is 8.54. The first-order chi connectivity index (χ1) is 7.65. The van der Waals surface area contributed by atoms with Gasteiger partial charge in [0.25, 0.3) is 5.91 Å². The van der Waals surface area contributed by atoms with Crippen LogP contribution in [0, 0.1) is 0 Å². The third-order valence-electron chi connectivity index (χ3n) is 1.80. The molecule has 1 heterocycles. The Labute approximate surface area is 95.6 Å². The summed E-state index contributed by atoms with van der Waals surface area (Å²) in [6.45, 7) is 0.262. The molecule has 0 aromatic carbocycles. The topological polar surface area (TPSA) is 101 Å². The molecule has 1 amide bonds. The number of carboxylic acid groups (broad SMARTS) is 1. The normalized spacial score (nSPS) is 12.1. The summed E-state index contributed by atoms with van der Waals surface area (Å²) in [7, 11) is 1.47. The van der Waals surface area contributed by atoms with Gasteiger partial charge in [0, 0.05) is 20.1 Å². The van der Waals surface area contributed by atoms with Crippen LogP contribution in [0.3, 0.4) is 0 Å². The molecule has 16 heavy (non-hydrogen) atoms. The lowest BCUT2D eigenvalue weighted by Crippen LogP contribution is -2.41. The van der Waals surface area contributed by atoms with Gasteiger partial charge in [-0.05, 0) is 11.5 Å². The summed E-state index contributed by atoms with van der Waals surface area (Å²) in [5.41, 5.74) is 0. The lowest BCUT2D eigenvalue weighted by molar-refractivity contribution is -0.139. The fraction of sp³-hybridized carbons (Fsp3) is 0.500. The fourth-order valence-corrected chi connectivity index (χ4v) is 1.41. The number of hydrogen-bond donors (Lipinski definition) is 2. The SMILES string of the molecule is COCCC(NC(=O)c1cnns1)C(=O)O. The molecule has 0 aliphatic heterocycles. The third kappa shape index (κ3) is 3.55. The summed E-state index contributed by atoms with van der Waals surface area (Å²) < 4.78 is 8.27. The molecule has 7 nitrogen and oxygen atoms in total. The molecular weight excluding hydrogens is 234 g/mol. The van der Waals surface area contributed by atoms with Gasteiger partial charge in [0.15, 0.2) is 0 Å². The summed E-state index contributed by atoms with van der Waals surface area (Å²) in [6.07, 6.45) is 1.50. The van der Waals surface area contributed by atoms with E-state index in [2.05, 4.69) is 14.9 Å². The van der Waals surface area contributed by atoms with Crippen LogP contribution in [0.1, 0.15) is 16.1 Å². The van der Waals surface area contributed by atoms with E-state index in [1.54, 1.807) is 0 Å². The maximum atomic E-state index is 11.5. The number of carbonyl (C=O) groups is 2. The molecule has 0 bridgehead atoms. The fourth-order valence-electron chi connectivity index (χ4n) is 0.990. The van der Waals surface area contributed by atoms with Gasteiger partial charge in [-0.15, -0.1) is 5.10 Å². The van der Waals surface area contributed by atoms with Crippen LogP contribution in [0.5, 0.6) is 0 Å². The number of amides is 1. The predicted molar refractivity (Wildman–Crippen MR) is 55.3 cm³/mol. The quantitative estimate of drug-likeness (QED) is 0.717. The van der Waals surface area contributed by atoms with E-state index in [0.717, 1.165) is 11.5 Å². The maximum Gasteiger partial charge on any atom is 0.326 e. The van der Waals surface area contributed by atoms with Crippen LogP contribution in [0.4, 0.5) is 0 Å². The van der Waals surface area contributed by atoms with Gasteiger partial charge >= 0.3 is 5.97 Å². The van der Waals surface area contributed by atoms with Crippen LogP contribution in [0.15, 0.2) is 6.20 Å². The van der Waals surface area contributed by atoms with Crippen molar-refractivity contribution in [1.29, 1.82) is 0 Å². The number of rotatable bonds is 6. The first-order valence-electron chi connectivity index (χ1n) is 4.45. The molecule has 1 atom stereocenters. The van der Waals surface area contributed by atoms with Gasteiger partial charge in [-0.3, -0.25) is 4.79 Å². The first-order valence-corrected chi connectivity index (χ1v) is 5.22. The Hall–Kier alpha value is -1.54. The van der Waals surface area contributed by atoms with Crippen LogP contribution >= 0.6 is 11.5 Å². The zero-order chi connectivity index (χ0) is 12.0. The van der Waals surface area contributed by atoms with E-state index in [0.29, 0.717) is 0 Å². The monoisotopic (exact) mass is 245 g/mol. The highest BCUT2D eigenvalue weighted by molar-refractivity contribution is 7.07. The molecule has 0 aliphatic carbocycles. The van der Waals surface area contributed by atoms with Gasteiger partial charge in [0.1, 0.15) is 10.9 Å². The summed E-state index contributed by atoms with van der Waals surface area (Å²) >= 11 is 0.911. The maximum absolute atomic E-state index is 11.5. The van der Waals surface area contributed by atoms with Gasteiger partial charge in [0.05, 0.1) is 6.20 Å². The Bertz CT molecular complexity index is 354. The van der Waals surface area contributed by atoms with Crippen LogP contribution < -0.4 is 5.32 Å². The first kappa shape index (κ1) is 12.5. The molecule has 1 aromatic heterocycles. The summed E-state index contributed by atoms with van der Waals surface area (Å²) in [5, 5.41) is 14.7. The summed E-state index contributed by atoms with van der Waals surface area (Å²) in [5.74, 6) is -1.58. The minimum Gasteiger partial charge on any atom is -0.480 e. The van der Waals surface area contributed by atoms with Crippen LogP contribution in [-0.4, -0.2) is 46.3 Å². The second-order valence-electron chi connectivity index (χ2n) is 2.93. The number of ether oxygens (including phenoxy) is 1. The zero-order valence-corrected chi connectivity index (χ0v) is 9.36. The summed E-state index contributed by atoms with van der Waals surface area (Å²) in [6, 6.07) is -0.963. The van der Waals surface area contributed by atoms with Crippen molar-refractivity contribution in [2.75, 3.05) is 13.7 Å². The summed E-state index contributed by atoms with van der Waals surface area (Å²) in [4.78, 5) is 22.6. The lowest BCUT2D eigenvalue weighted by atomic mass is 10.2. The molecule has 0 saturated carbocycles. The standard InChI is InChI=1S/C8H11N3O4S/c1-15-3-2-5(8(13)14)10-7(12)6-4-9-11-16-6/h4-5H,2-3H2,1H3,(H,10,12)(H,13,14). The van der Waals surface area contributed by atoms with Gasteiger partial charge in [-0.25, -0.2) is 4.79 Å². The molecule has 0 radical (unpaired) electrons. The van der Waals surface area contributed by atoms with Crippen molar-refractivity contribution in [3.8, 4) is 0 Å². The Kier molecular flexibility index (Phi) is 4.80. The van der Waals surface area contributed by atoms with Crippen molar-refractivity contribution in [3.05, 3.63) is 11.1 Å². The van der Waals surface area contributed by atoms with E-state index < -0.39 is 17.9 Å². The molecule has 88 valence electrons. The number of nitrogens with one attached hydrogen (secondary N) is 1. The molecule has 0 saturated heterocycles. The Morgan fingerprint density at radius 3 is 2.94 bits per heavy atom. The van der Waals surface area contributed by atoms with E-state index in [1.807, 2.05) is 0 Å². The molecule has 1 rings (SSSR count). The number of aromatic nitrogens is 2. The van der Waals surface area contributed by atoms with Gasteiger partial charge in [0.2, 0.25) is 0 Å². The second kappa shape index (κ2) is 6.13. The van der Waals surface area contributed by atoms with Crippen molar-refractivity contribution in [2.24, 2.45) is 0 Å². The average molecular weight is 245 g/mol. The number of carboxylic acids is 1. The van der Waals surface area contributed by atoms with E-state index >= 15 is 0 Å². The smallest absolute Gasteiger partial charge is 0.326 e. The molecule has 1 aromatic rings. The third-order valence-corrected chi connectivity index (χ3v) is 2.46. The average Bonchev–Trinajstić information content (AvgIpc) is 2.76. The Morgan fingerprint density at radius 2 is 2.44 bits per heavy atom. The molecular formula is C8H11N3O4S. The van der Waals surface area contributed by atoms with Crippen molar-refractivity contribution in [3.63, 3.8) is 0 Å². The highest BCUT2D eigenvalue weighted by Gasteiger charge is 2.21. The highest BCUT2D eigenvalue weighted by Crippen LogP contribution is 2.03. The van der Waals surface area contributed by atoms with E-state index in [-0.39, 0.29) is 17.9 Å². The molecule has 0 aliphatic rings. The largest absolute Gasteiger partial charge is 0.480 e. The van der Waals surface area contributed by atoms with Crippen LogP contribution in [0.2, 0.25) is 0 Å². The molecule has 1 unspecified atom stereocenters. The van der Waals surface area contributed by atoms with E-state index in [1.165, 1.54) is 13.3 Å². The van der Waals surface area contributed by atoms with Crippen molar-refractivity contribution in [2.45, 2.75) is 12.5 Å². The van der Waals surface area contributed by atoms with E-state index in [4.69, 9.17) is 9.84 Å². The highest BCUT2D eigenvalue weighted by atomic mass is 32.1. The number of aliphatic carboxylic acids is 1. The van der Waals surface area contributed by atoms with Crippen LogP contribution in [-0.2, 0) is 9.53 Å². The number of nitrogens with zero attached hydrogens (tertiary/aromatic N) is 2. The second-order valence-corrected chi connectivity index (χ2v) is 3.71. The number of hydrogen-bond acceptors (Lipinski definition) is 6. The van der Waals surface area contributed by atoms with Crippen molar-refractivity contribution < 1.29 is 19.4 Å². The molecule has 2 N–H and O–H groups in total. The minimum atomic E-state index is -1.09. The Morgan fingerprint density at radius 1 is 1.69 bits per heavy atom. The van der Waals surface area contributed by atoms with Crippen molar-refractivity contribution >= 4 is 23.4 Å². The lowest BCUT2D eigenvalue weighted by Gasteiger charge is -2.12. The molecule has 8 heteroatoms. The van der Waals surface area contributed by atoms with Crippen molar-refractivity contribution in [1.82, 2.24) is 14.9 Å². The van der Waals surface area contributed by atoms with Gasteiger partial charge in [-0.1, -0.05) is 4.49 Å². The number of carbonyl (C=O) groups excluding carboxylic acids is 1.